The van der Waals surface area contributed by atoms with Crippen LogP contribution in [0.2, 0.25) is 0 Å². The number of hydrogen-bond acceptors (Lipinski definition) is 5. The van der Waals surface area contributed by atoms with Gasteiger partial charge in [-0.3, -0.25) is 4.98 Å². The van der Waals surface area contributed by atoms with Crippen LogP contribution in [0.1, 0.15) is 5.56 Å². The Morgan fingerprint density at radius 2 is 2.26 bits per heavy atom. The molecule has 0 radical (unpaired) electrons. The van der Waals surface area contributed by atoms with Gasteiger partial charge in [-0.05, 0) is 22.0 Å². The van der Waals surface area contributed by atoms with E-state index in [9.17, 15) is 5.11 Å². The zero-order chi connectivity index (χ0) is 13.8. The summed E-state index contributed by atoms with van der Waals surface area (Å²) in [7, 11) is 0. The SMILES string of the molecule is N#Cc1cnc2c(Br)cccc2c1NCC(O)CO. The molecule has 0 spiro atoms. The number of aromatic nitrogens is 1. The van der Waals surface area contributed by atoms with E-state index >= 15 is 0 Å². The molecule has 0 saturated carbocycles. The zero-order valence-electron chi connectivity index (χ0n) is 9.97. The summed E-state index contributed by atoms with van der Waals surface area (Å²) in [6.45, 7) is -0.168. The van der Waals surface area contributed by atoms with E-state index in [-0.39, 0.29) is 13.2 Å². The number of hydrogen-bond donors (Lipinski definition) is 3. The van der Waals surface area contributed by atoms with E-state index in [0.717, 1.165) is 15.4 Å². The fourth-order valence-corrected chi connectivity index (χ4v) is 2.22. The number of rotatable bonds is 4. The summed E-state index contributed by atoms with van der Waals surface area (Å²) in [5.74, 6) is 0. The molecule has 2 rings (SSSR count). The molecule has 1 heterocycles. The molecule has 0 aliphatic rings. The normalized spacial score (nSPS) is 12.1. The maximum absolute atomic E-state index is 9.39. The van der Waals surface area contributed by atoms with E-state index < -0.39 is 6.10 Å². The monoisotopic (exact) mass is 321 g/mol. The highest BCUT2D eigenvalue weighted by atomic mass is 79.9. The Morgan fingerprint density at radius 3 is 2.95 bits per heavy atom. The molecule has 19 heavy (non-hydrogen) atoms. The number of fused-ring (bicyclic) bond motifs is 1. The number of nitriles is 1. The Morgan fingerprint density at radius 1 is 1.47 bits per heavy atom. The molecule has 1 atom stereocenters. The van der Waals surface area contributed by atoms with Crippen molar-refractivity contribution in [2.24, 2.45) is 0 Å². The van der Waals surface area contributed by atoms with Gasteiger partial charge in [0.1, 0.15) is 6.07 Å². The lowest BCUT2D eigenvalue weighted by Crippen LogP contribution is -2.23. The highest BCUT2D eigenvalue weighted by Gasteiger charge is 2.11. The second kappa shape index (κ2) is 5.97. The average molecular weight is 322 g/mol. The zero-order valence-corrected chi connectivity index (χ0v) is 11.6. The lowest BCUT2D eigenvalue weighted by atomic mass is 10.1. The Kier molecular flexibility index (Phi) is 4.32. The minimum Gasteiger partial charge on any atom is -0.394 e. The molecular weight excluding hydrogens is 310 g/mol. The fraction of sp³-hybridized carbons (Fsp3) is 0.231. The summed E-state index contributed by atoms with van der Waals surface area (Å²) in [6.07, 6.45) is 0.614. The second-order valence-electron chi connectivity index (χ2n) is 4.01. The molecule has 0 aliphatic carbocycles. The van der Waals surface area contributed by atoms with Gasteiger partial charge in [0, 0.05) is 22.6 Å². The molecule has 6 heteroatoms. The van der Waals surface area contributed by atoms with Gasteiger partial charge in [0.2, 0.25) is 0 Å². The molecule has 0 fully saturated rings. The standard InChI is InChI=1S/C13H12BrN3O2/c14-11-3-1-2-10-12(17-6-9(19)7-18)8(4-15)5-16-13(10)11/h1-3,5,9,18-19H,6-7H2,(H,16,17). The molecular formula is C13H12BrN3O2. The Bertz CT molecular complexity index is 640. The highest BCUT2D eigenvalue weighted by Crippen LogP contribution is 2.29. The number of halogens is 1. The van der Waals surface area contributed by atoms with Gasteiger partial charge < -0.3 is 15.5 Å². The van der Waals surface area contributed by atoms with Crippen LogP contribution in [-0.2, 0) is 0 Å². The maximum Gasteiger partial charge on any atom is 0.103 e. The van der Waals surface area contributed by atoms with Crippen LogP contribution in [0.15, 0.2) is 28.9 Å². The summed E-state index contributed by atoms with van der Waals surface area (Å²) in [5.41, 5.74) is 1.75. The lowest BCUT2D eigenvalue weighted by molar-refractivity contribution is 0.105. The van der Waals surface area contributed by atoms with Gasteiger partial charge in [-0.2, -0.15) is 5.26 Å². The van der Waals surface area contributed by atoms with Crippen molar-refractivity contribution >= 4 is 32.5 Å². The first-order valence-corrected chi connectivity index (χ1v) is 6.46. The molecule has 1 unspecified atom stereocenters. The third-order valence-electron chi connectivity index (χ3n) is 2.69. The summed E-state index contributed by atoms with van der Waals surface area (Å²) < 4.78 is 0.834. The Hall–Kier alpha value is -1.68. The van der Waals surface area contributed by atoms with E-state index in [2.05, 4.69) is 32.3 Å². The minimum atomic E-state index is -0.873. The summed E-state index contributed by atoms with van der Waals surface area (Å²) in [4.78, 5) is 4.24. The van der Waals surface area contributed by atoms with Crippen molar-refractivity contribution in [1.82, 2.24) is 4.98 Å². The molecule has 98 valence electrons. The molecule has 2 aromatic rings. The highest BCUT2D eigenvalue weighted by molar-refractivity contribution is 9.10. The van der Waals surface area contributed by atoms with Crippen LogP contribution in [0.25, 0.3) is 10.9 Å². The van der Waals surface area contributed by atoms with Gasteiger partial charge in [0.05, 0.1) is 29.5 Å². The van der Waals surface area contributed by atoms with Crippen LogP contribution >= 0.6 is 15.9 Å². The predicted octanol–water partition coefficient (Wildman–Crippen LogP) is 1.63. The minimum absolute atomic E-state index is 0.163. The van der Waals surface area contributed by atoms with E-state index in [0.29, 0.717) is 11.3 Å². The number of pyridine rings is 1. The van der Waals surface area contributed by atoms with Crippen LogP contribution in [-0.4, -0.2) is 34.5 Å². The van der Waals surface area contributed by atoms with Gasteiger partial charge in [0.15, 0.2) is 0 Å². The van der Waals surface area contributed by atoms with Gasteiger partial charge in [-0.25, -0.2) is 0 Å². The van der Waals surface area contributed by atoms with E-state index in [1.807, 2.05) is 18.2 Å². The maximum atomic E-state index is 9.39. The first-order valence-electron chi connectivity index (χ1n) is 5.67. The van der Waals surface area contributed by atoms with Gasteiger partial charge >= 0.3 is 0 Å². The predicted molar refractivity (Wildman–Crippen MR) is 75.7 cm³/mol. The van der Waals surface area contributed by atoms with Crippen molar-refractivity contribution in [2.45, 2.75) is 6.10 Å². The third-order valence-corrected chi connectivity index (χ3v) is 3.33. The Labute approximate surface area is 118 Å². The fourth-order valence-electron chi connectivity index (χ4n) is 1.75. The number of nitrogens with zero attached hydrogens (tertiary/aromatic N) is 2. The van der Waals surface area contributed by atoms with Gasteiger partial charge in [-0.15, -0.1) is 0 Å². The molecule has 0 aliphatic heterocycles. The van der Waals surface area contributed by atoms with Crippen molar-refractivity contribution < 1.29 is 10.2 Å². The van der Waals surface area contributed by atoms with E-state index in [1.54, 1.807) is 0 Å². The van der Waals surface area contributed by atoms with Crippen molar-refractivity contribution in [1.29, 1.82) is 5.26 Å². The molecule has 5 nitrogen and oxygen atoms in total. The number of aliphatic hydroxyl groups excluding tert-OH is 2. The topological polar surface area (TPSA) is 89.2 Å². The van der Waals surface area contributed by atoms with Crippen molar-refractivity contribution in [3.05, 3.63) is 34.4 Å². The number of aliphatic hydroxyl groups is 2. The number of para-hydroxylation sites is 1. The van der Waals surface area contributed by atoms with E-state index in [1.165, 1.54) is 6.20 Å². The molecule has 1 aromatic heterocycles. The molecule has 0 saturated heterocycles. The van der Waals surface area contributed by atoms with Crippen molar-refractivity contribution in [2.75, 3.05) is 18.5 Å². The largest absolute Gasteiger partial charge is 0.394 e. The lowest BCUT2D eigenvalue weighted by Gasteiger charge is -2.14. The van der Waals surface area contributed by atoms with Crippen LogP contribution in [0.4, 0.5) is 5.69 Å². The average Bonchev–Trinajstić information content (AvgIpc) is 2.44. The van der Waals surface area contributed by atoms with Gasteiger partial charge in [0.25, 0.3) is 0 Å². The third kappa shape index (κ3) is 2.84. The summed E-state index contributed by atoms with van der Waals surface area (Å²) in [6, 6.07) is 7.63. The summed E-state index contributed by atoms with van der Waals surface area (Å²) in [5, 5.41) is 31.1. The van der Waals surface area contributed by atoms with Crippen molar-refractivity contribution in [3.8, 4) is 6.07 Å². The first kappa shape index (κ1) is 13.7. The smallest absolute Gasteiger partial charge is 0.103 e. The van der Waals surface area contributed by atoms with Crippen LogP contribution in [0.3, 0.4) is 0 Å². The molecule has 1 aromatic carbocycles. The number of anilines is 1. The number of nitrogens with one attached hydrogen (secondary N) is 1. The van der Waals surface area contributed by atoms with Crippen LogP contribution in [0, 0.1) is 11.3 Å². The van der Waals surface area contributed by atoms with E-state index in [4.69, 9.17) is 10.4 Å². The number of benzene rings is 1. The molecule has 3 N–H and O–H groups in total. The molecule has 0 bridgehead atoms. The van der Waals surface area contributed by atoms with Crippen molar-refractivity contribution in [3.63, 3.8) is 0 Å². The Balaban J connectivity index is 2.50. The van der Waals surface area contributed by atoms with Crippen LogP contribution < -0.4 is 5.32 Å². The van der Waals surface area contributed by atoms with Gasteiger partial charge in [-0.1, -0.05) is 12.1 Å². The second-order valence-corrected chi connectivity index (χ2v) is 4.87. The summed E-state index contributed by atoms with van der Waals surface area (Å²) >= 11 is 3.41. The van der Waals surface area contributed by atoms with Crippen LogP contribution in [0.5, 0.6) is 0 Å². The quantitative estimate of drug-likeness (QED) is 0.796. The first-order chi connectivity index (χ1) is 9.17. The molecule has 0 amide bonds.